The van der Waals surface area contributed by atoms with Crippen molar-refractivity contribution < 1.29 is 9.69 Å². The molecule has 0 atom stereocenters. The number of fused-ring (bicyclic) bond motifs is 1. The van der Waals surface area contributed by atoms with E-state index in [4.69, 9.17) is 0 Å². The average molecular weight is 331 g/mol. The second-order valence-corrected chi connectivity index (χ2v) is 6.77. The van der Waals surface area contributed by atoms with E-state index < -0.39 is 0 Å². The highest BCUT2D eigenvalue weighted by Crippen LogP contribution is 2.15. The predicted octanol–water partition coefficient (Wildman–Crippen LogP) is 2.38. The number of hydrogen-bond donors (Lipinski definition) is 1. The van der Waals surface area contributed by atoms with Crippen molar-refractivity contribution in [3.8, 4) is 0 Å². The van der Waals surface area contributed by atoms with Gasteiger partial charge in [-0.2, -0.15) is 0 Å². The zero-order chi connectivity index (χ0) is 17.1. The predicted molar refractivity (Wildman–Crippen MR) is 101 cm³/mol. The van der Waals surface area contributed by atoms with Crippen LogP contribution in [-0.4, -0.2) is 37.0 Å². The van der Waals surface area contributed by atoms with Gasteiger partial charge in [-0.25, -0.2) is 0 Å². The Bertz CT molecular complexity index is 867. The molecule has 1 fully saturated rings. The first-order chi connectivity index (χ1) is 12.3. The Balaban J connectivity index is 1.37. The van der Waals surface area contributed by atoms with Crippen molar-refractivity contribution in [2.24, 2.45) is 0 Å². The highest BCUT2D eigenvalue weighted by atomic mass is 16.2. The Morgan fingerprint density at radius 2 is 1.52 bits per heavy atom. The van der Waals surface area contributed by atoms with Gasteiger partial charge in [-0.3, -0.25) is 4.79 Å². The summed E-state index contributed by atoms with van der Waals surface area (Å²) in [6, 6.07) is 24.8. The van der Waals surface area contributed by atoms with Crippen molar-refractivity contribution in [3.05, 3.63) is 83.9 Å². The number of carbonyl (C=O) groups excluding carboxylic acids is 1. The molecule has 1 saturated heterocycles. The number of piperazine rings is 1. The molecule has 1 N–H and O–H groups in total. The lowest BCUT2D eigenvalue weighted by Crippen LogP contribution is -3.13. The quantitative estimate of drug-likeness (QED) is 0.783. The molecule has 1 heterocycles. The van der Waals surface area contributed by atoms with Crippen LogP contribution >= 0.6 is 0 Å². The number of nitrogens with zero attached hydrogens (tertiary/aromatic N) is 1. The average Bonchev–Trinajstić information content (AvgIpc) is 2.69. The molecule has 4 rings (SSSR count). The van der Waals surface area contributed by atoms with Crippen LogP contribution in [0, 0.1) is 0 Å². The van der Waals surface area contributed by atoms with Crippen LogP contribution in [0.15, 0.2) is 72.8 Å². The van der Waals surface area contributed by atoms with E-state index in [0.717, 1.165) is 38.3 Å². The van der Waals surface area contributed by atoms with Gasteiger partial charge in [0.15, 0.2) is 0 Å². The SMILES string of the molecule is O=C(c1ccccc1)N1CC[NH+](Cc2ccc3ccccc3c2)CC1. The molecule has 1 aliphatic rings. The standard InChI is InChI=1S/C22H22N2O/c25-22(20-7-2-1-3-8-20)24-14-12-23(13-15-24)17-18-10-11-19-6-4-5-9-21(19)16-18/h1-11,16H,12-15,17H2/p+1. The van der Waals surface area contributed by atoms with Crippen molar-refractivity contribution in [3.63, 3.8) is 0 Å². The fraction of sp³-hybridized carbons (Fsp3) is 0.227. The Kier molecular flexibility index (Phi) is 4.49. The van der Waals surface area contributed by atoms with Crippen LogP contribution in [0.3, 0.4) is 0 Å². The Labute approximate surface area is 148 Å². The molecule has 0 aliphatic carbocycles. The van der Waals surface area contributed by atoms with Crippen molar-refractivity contribution in [1.29, 1.82) is 0 Å². The lowest BCUT2D eigenvalue weighted by atomic mass is 10.1. The number of quaternary nitrogens is 1. The summed E-state index contributed by atoms with van der Waals surface area (Å²) in [5.74, 6) is 0.158. The van der Waals surface area contributed by atoms with Gasteiger partial charge in [0, 0.05) is 11.1 Å². The minimum Gasteiger partial charge on any atom is -0.328 e. The smallest absolute Gasteiger partial charge is 0.254 e. The van der Waals surface area contributed by atoms with Crippen molar-refractivity contribution in [2.45, 2.75) is 6.54 Å². The van der Waals surface area contributed by atoms with E-state index in [1.54, 1.807) is 4.90 Å². The number of amides is 1. The molecule has 3 aromatic carbocycles. The highest BCUT2D eigenvalue weighted by Gasteiger charge is 2.24. The Morgan fingerprint density at radius 3 is 2.28 bits per heavy atom. The van der Waals surface area contributed by atoms with E-state index in [1.807, 2.05) is 35.2 Å². The zero-order valence-corrected chi connectivity index (χ0v) is 14.3. The molecule has 0 aromatic heterocycles. The summed E-state index contributed by atoms with van der Waals surface area (Å²) in [5, 5.41) is 2.59. The molecule has 1 amide bonds. The molecular formula is C22H23N2O+. The van der Waals surface area contributed by atoms with Gasteiger partial charge in [-0.1, -0.05) is 54.6 Å². The Hall–Kier alpha value is -2.65. The highest BCUT2D eigenvalue weighted by molar-refractivity contribution is 5.94. The molecule has 0 unspecified atom stereocenters. The first kappa shape index (κ1) is 15.9. The number of nitrogens with one attached hydrogen (secondary N) is 1. The number of rotatable bonds is 3. The normalized spacial score (nSPS) is 15.4. The largest absolute Gasteiger partial charge is 0.328 e. The third-order valence-corrected chi connectivity index (χ3v) is 5.05. The summed E-state index contributed by atoms with van der Waals surface area (Å²) in [6.07, 6.45) is 0. The molecule has 3 nitrogen and oxygen atoms in total. The maximum Gasteiger partial charge on any atom is 0.254 e. The zero-order valence-electron chi connectivity index (χ0n) is 14.3. The summed E-state index contributed by atoms with van der Waals surface area (Å²) in [5.41, 5.74) is 2.16. The van der Waals surface area contributed by atoms with Crippen molar-refractivity contribution in [1.82, 2.24) is 4.90 Å². The maximum absolute atomic E-state index is 12.5. The summed E-state index contributed by atoms with van der Waals surface area (Å²) >= 11 is 0. The molecule has 3 heteroatoms. The van der Waals surface area contributed by atoms with Crippen LogP contribution in [0.2, 0.25) is 0 Å². The van der Waals surface area contributed by atoms with Gasteiger partial charge in [0.2, 0.25) is 0 Å². The second-order valence-electron chi connectivity index (χ2n) is 6.77. The van der Waals surface area contributed by atoms with Gasteiger partial charge in [0.25, 0.3) is 5.91 Å². The molecule has 0 spiro atoms. The van der Waals surface area contributed by atoms with Gasteiger partial charge in [0.05, 0.1) is 26.2 Å². The Morgan fingerprint density at radius 1 is 0.840 bits per heavy atom. The first-order valence-electron chi connectivity index (χ1n) is 8.95. The van der Waals surface area contributed by atoms with Crippen LogP contribution in [0.25, 0.3) is 10.8 Å². The second kappa shape index (κ2) is 7.08. The molecular weight excluding hydrogens is 308 g/mol. The van der Waals surface area contributed by atoms with Crippen LogP contribution < -0.4 is 4.90 Å². The van der Waals surface area contributed by atoms with E-state index in [2.05, 4.69) is 42.5 Å². The molecule has 0 bridgehead atoms. The van der Waals surface area contributed by atoms with Crippen LogP contribution in [0.1, 0.15) is 15.9 Å². The summed E-state index contributed by atoms with van der Waals surface area (Å²) in [4.78, 5) is 16.1. The number of hydrogen-bond acceptors (Lipinski definition) is 1. The minimum atomic E-state index is 0.158. The monoisotopic (exact) mass is 331 g/mol. The molecule has 0 saturated carbocycles. The lowest BCUT2D eigenvalue weighted by molar-refractivity contribution is -0.917. The topological polar surface area (TPSA) is 24.8 Å². The van der Waals surface area contributed by atoms with Gasteiger partial charge >= 0.3 is 0 Å². The fourth-order valence-corrected chi connectivity index (χ4v) is 3.60. The molecule has 126 valence electrons. The van der Waals surface area contributed by atoms with E-state index in [1.165, 1.54) is 16.3 Å². The fourth-order valence-electron chi connectivity index (χ4n) is 3.60. The lowest BCUT2D eigenvalue weighted by Gasteiger charge is -2.32. The summed E-state index contributed by atoms with van der Waals surface area (Å²) in [6.45, 7) is 4.70. The first-order valence-corrected chi connectivity index (χ1v) is 8.95. The third-order valence-electron chi connectivity index (χ3n) is 5.05. The minimum absolute atomic E-state index is 0.158. The van der Waals surface area contributed by atoms with Crippen molar-refractivity contribution >= 4 is 16.7 Å². The summed E-state index contributed by atoms with van der Waals surface area (Å²) in [7, 11) is 0. The van der Waals surface area contributed by atoms with Gasteiger partial charge in [0.1, 0.15) is 6.54 Å². The van der Waals surface area contributed by atoms with Gasteiger partial charge in [-0.15, -0.1) is 0 Å². The molecule has 3 aromatic rings. The van der Waals surface area contributed by atoms with E-state index in [0.29, 0.717) is 0 Å². The molecule has 0 radical (unpaired) electrons. The number of carbonyl (C=O) groups is 1. The van der Waals surface area contributed by atoms with E-state index in [-0.39, 0.29) is 5.91 Å². The third kappa shape index (κ3) is 3.57. The van der Waals surface area contributed by atoms with Gasteiger partial charge < -0.3 is 9.80 Å². The number of benzene rings is 3. The molecule has 25 heavy (non-hydrogen) atoms. The van der Waals surface area contributed by atoms with E-state index in [9.17, 15) is 4.79 Å². The van der Waals surface area contributed by atoms with Crippen LogP contribution in [0.5, 0.6) is 0 Å². The van der Waals surface area contributed by atoms with Crippen molar-refractivity contribution in [2.75, 3.05) is 26.2 Å². The maximum atomic E-state index is 12.5. The van der Waals surface area contributed by atoms with Crippen LogP contribution in [0.4, 0.5) is 0 Å². The molecule has 1 aliphatic heterocycles. The van der Waals surface area contributed by atoms with E-state index >= 15 is 0 Å². The summed E-state index contributed by atoms with van der Waals surface area (Å²) < 4.78 is 0. The van der Waals surface area contributed by atoms with Gasteiger partial charge in [-0.05, 0) is 29.0 Å². The van der Waals surface area contributed by atoms with Crippen LogP contribution in [-0.2, 0) is 6.54 Å².